The first-order valence-corrected chi connectivity index (χ1v) is 8.88. The molecule has 0 fully saturated rings. The lowest BCUT2D eigenvalue weighted by molar-refractivity contribution is -0.377. The fraction of sp³-hybridized carbons (Fsp3) is 0.444. The molecule has 0 saturated carbocycles. The van der Waals surface area contributed by atoms with Gasteiger partial charge in [-0.25, -0.2) is 9.40 Å². The Balaban J connectivity index is 0.000000702. The molecule has 0 aromatic carbocycles. The highest BCUT2D eigenvalue weighted by Crippen LogP contribution is 2.33. The van der Waals surface area contributed by atoms with E-state index in [2.05, 4.69) is 64.7 Å². The molecule has 0 spiro atoms. The number of H-pyrrole nitrogens is 1. The summed E-state index contributed by atoms with van der Waals surface area (Å²) in [5, 5.41) is 0. The Morgan fingerprint density at radius 1 is 0.700 bits per heavy atom. The number of aromatic amines is 1. The number of hydrogen-bond acceptors (Lipinski definition) is 0. The maximum absolute atomic E-state index is 9.75. The molecule has 0 aliphatic carbocycles. The fourth-order valence-electron chi connectivity index (χ4n) is 1.98. The molecule has 0 bridgehead atoms. The average molecular weight is 445 g/mol. The molecule has 0 amide bonds. The zero-order valence-electron chi connectivity index (χ0n) is 17.6. The quantitative estimate of drug-likeness (QED) is 0.258. The molecule has 170 valence electrons. The van der Waals surface area contributed by atoms with Gasteiger partial charge in [-0.2, -0.15) is 0 Å². The van der Waals surface area contributed by atoms with Gasteiger partial charge in [-0.05, 0) is 47.6 Å². The van der Waals surface area contributed by atoms with Crippen molar-refractivity contribution in [3.8, 4) is 11.1 Å². The van der Waals surface area contributed by atoms with Gasteiger partial charge in [0.25, 0.3) is 0 Å². The third-order valence-corrected chi connectivity index (χ3v) is 3.31. The second-order valence-corrected chi connectivity index (χ2v) is 8.36. The SMILES string of the molecule is CC(C)(C)c1cc(-c2ccc[nH+]c2)cc(C(C)(C)C)[o+]1.F[B-](F)(F)F.F[B-](F)(F)F. The van der Waals surface area contributed by atoms with E-state index in [0.717, 1.165) is 11.5 Å². The topological polar surface area (TPSA) is 25.4 Å². The zero-order chi connectivity index (χ0) is 24.0. The van der Waals surface area contributed by atoms with Crippen molar-refractivity contribution in [3.05, 3.63) is 48.2 Å². The Bertz CT molecular complexity index is 726. The molecule has 0 atom stereocenters. The molecule has 2 aromatic heterocycles. The maximum atomic E-state index is 9.75. The normalized spacial score (nSPS) is 12.3. The Morgan fingerprint density at radius 2 is 1.07 bits per heavy atom. The molecule has 2 nitrogen and oxygen atoms in total. The molecule has 2 heterocycles. The van der Waals surface area contributed by atoms with Crippen LogP contribution < -0.4 is 4.98 Å². The highest BCUT2D eigenvalue weighted by atomic mass is 19.5. The number of aromatic nitrogens is 1. The number of nitrogens with one attached hydrogen (secondary N) is 1. The van der Waals surface area contributed by atoms with Gasteiger partial charge in [0.1, 0.15) is 0 Å². The molecule has 0 unspecified atom stereocenters. The van der Waals surface area contributed by atoms with Gasteiger partial charge in [-0.3, -0.25) is 0 Å². The first-order chi connectivity index (χ1) is 13.2. The molecule has 1 N–H and O–H groups in total. The molecule has 0 radical (unpaired) electrons. The van der Waals surface area contributed by atoms with Crippen LogP contribution in [0, 0.1) is 0 Å². The summed E-state index contributed by atoms with van der Waals surface area (Å²) < 4.78 is 84.2. The minimum absolute atomic E-state index is 0.00545. The van der Waals surface area contributed by atoms with Crippen LogP contribution in [0.5, 0.6) is 0 Å². The van der Waals surface area contributed by atoms with Crippen molar-refractivity contribution in [1.29, 1.82) is 0 Å². The van der Waals surface area contributed by atoms with Crippen molar-refractivity contribution in [3.63, 3.8) is 0 Å². The van der Waals surface area contributed by atoms with Crippen molar-refractivity contribution in [2.75, 3.05) is 0 Å². The van der Waals surface area contributed by atoms with Crippen molar-refractivity contribution < 1.29 is 43.9 Å². The standard InChI is InChI=1S/C18H24NO.2BF4/c1-17(2,3)15-10-14(13-8-7-9-19-12-13)11-16(20-15)18(4,5)6;2*2-1(3,4)5/h7-12H,1-6H3;;/q+1;2*-1/p+1. The van der Waals surface area contributed by atoms with Gasteiger partial charge in [-0.1, -0.05) is 0 Å². The summed E-state index contributed by atoms with van der Waals surface area (Å²) in [6.07, 6.45) is 3.94. The largest absolute Gasteiger partial charge is 0.673 e. The van der Waals surface area contributed by atoms with Gasteiger partial charge in [0, 0.05) is 29.3 Å². The fourth-order valence-corrected chi connectivity index (χ4v) is 1.98. The van der Waals surface area contributed by atoms with Crippen molar-refractivity contribution in [2.24, 2.45) is 0 Å². The first-order valence-electron chi connectivity index (χ1n) is 8.88. The van der Waals surface area contributed by atoms with Gasteiger partial charge >= 0.3 is 26.0 Å². The number of pyridine rings is 1. The van der Waals surface area contributed by atoms with Gasteiger partial charge in [-0.15, -0.1) is 0 Å². The monoisotopic (exact) mass is 445 g/mol. The number of hydrogen-bond donors (Lipinski definition) is 0. The average Bonchev–Trinajstić information content (AvgIpc) is 2.50. The van der Waals surface area contributed by atoms with Crippen LogP contribution in [0.4, 0.5) is 34.5 Å². The van der Waals surface area contributed by atoms with Crippen LogP contribution in [-0.4, -0.2) is 14.5 Å². The van der Waals surface area contributed by atoms with Crippen LogP contribution in [0.1, 0.15) is 53.1 Å². The molecule has 12 heteroatoms. The summed E-state index contributed by atoms with van der Waals surface area (Å²) in [6, 6.07) is 8.44. The van der Waals surface area contributed by atoms with Crippen LogP contribution in [0.25, 0.3) is 11.1 Å². The smallest absolute Gasteiger partial charge is 0.418 e. The number of halogens is 8. The third kappa shape index (κ3) is 13.9. The van der Waals surface area contributed by atoms with E-state index < -0.39 is 14.5 Å². The van der Waals surface area contributed by atoms with E-state index in [1.165, 1.54) is 11.1 Å². The number of rotatable bonds is 1. The highest BCUT2D eigenvalue weighted by Gasteiger charge is 2.34. The predicted octanol–water partition coefficient (Wildman–Crippen LogP) is 7.24. The van der Waals surface area contributed by atoms with Gasteiger partial charge in [0.15, 0.2) is 12.4 Å². The lowest BCUT2D eigenvalue weighted by atomic mass is 9.88. The van der Waals surface area contributed by atoms with Crippen molar-refractivity contribution >= 4 is 14.5 Å². The third-order valence-electron chi connectivity index (χ3n) is 3.31. The van der Waals surface area contributed by atoms with E-state index in [9.17, 15) is 34.5 Å². The molecule has 2 rings (SSSR count). The van der Waals surface area contributed by atoms with Crippen molar-refractivity contribution in [1.82, 2.24) is 0 Å². The second-order valence-electron chi connectivity index (χ2n) is 8.36. The Labute approximate surface area is 170 Å². The van der Waals surface area contributed by atoms with E-state index in [0.29, 0.717) is 0 Å². The van der Waals surface area contributed by atoms with Crippen LogP contribution in [0.2, 0.25) is 0 Å². The van der Waals surface area contributed by atoms with Crippen molar-refractivity contribution in [2.45, 2.75) is 52.4 Å². The van der Waals surface area contributed by atoms with E-state index in [-0.39, 0.29) is 10.8 Å². The Kier molecular flexibility index (Phi) is 9.53. The van der Waals surface area contributed by atoms with E-state index in [1.54, 1.807) is 0 Å². The summed E-state index contributed by atoms with van der Waals surface area (Å²) in [6.45, 7) is 13.1. The summed E-state index contributed by atoms with van der Waals surface area (Å²) in [5.41, 5.74) is 2.37. The molecule has 30 heavy (non-hydrogen) atoms. The van der Waals surface area contributed by atoms with Crippen LogP contribution in [0.3, 0.4) is 0 Å². The van der Waals surface area contributed by atoms with Gasteiger partial charge in [0.2, 0.25) is 0 Å². The lowest BCUT2D eigenvalue weighted by Crippen LogP contribution is -2.16. The molecular formula is C18H25B2F8NO. The molecule has 0 aliphatic rings. The van der Waals surface area contributed by atoms with Gasteiger partial charge in [0.05, 0.1) is 10.8 Å². The highest BCUT2D eigenvalue weighted by molar-refractivity contribution is 6.50. The first kappa shape index (κ1) is 27.9. The zero-order valence-corrected chi connectivity index (χ0v) is 17.6. The maximum Gasteiger partial charge on any atom is 0.673 e. The van der Waals surface area contributed by atoms with Crippen LogP contribution in [-0.2, 0) is 10.8 Å². The summed E-state index contributed by atoms with van der Waals surface area (Å²) in [5.74, 6) is 2.03. The van der Waals surface area contributed by atoms with E-state index in [4.69, 9.17) is 4.42 Å². The van der Waals surface area contributed by atoms with E-state index in [1.807, 2.05) is 18.5 Å². The molecular weight excluding hydrogens is 420 g/mol. The second kappa shape index (κ2) is 10.3. The summed E-state index contributed by atoms with van der Waals surface area (Å²) in [7, 11) is -12.0. The predicted molar refractivity (Wildman–Crippen MR) is 103 cm³/mol. The van der Waals surface area contributed by atoms with E-state index >= 15 is 0 Å². The Morgan fingerprint density at radius 3 is 1.33 bits per heavy atom. The minimum atomic E-state index is -6.00. The molecule has 2 aromatic rings. The van der Waals surface area contributed by atoms with Gasteiger partial charge < -0.3 is 34.5 Å². The summed E-state index contributed by atoms with van der Waals surface area (Å²) >= 11 is 0. The lowest BCUT2D eigenvalue weighted by Gasteiger charge is -2.14. The van der Waals surface area contributed by atoms with Crippen LogP contribution in [0.15, 0.2) is 41.1 Å². The Hall–Kier alpha value is -2.13. The molecule has 0 aliphatic heterocycles. The molecule has 0 saturated heterocycles. The summed E-state index contributed by atoms with van der Waals surface area (Å²) in [4.78, 5) is 3.15. The van der Waals surface area contributed by atoms with Crippen LogP contribution >= 0.6 is 0 Å². The minimum Gasteiger partial charge on any atom is -0.418 e.